The van der Waals surface area contributed by atoms with Crippen LogP contribution in [0.1, 0.15) is 6.23 Å². The Bertz CT molecular complexity index is 560. The summed E-state index contributed by atoms with van der Waals surface area (Å²) in [5, 5.41) is 18.4. The molecule has 0 amide bonds. The van der Waals surface area contributed by atoms with Gasteiger partial charge in [0.05, 0.1) is 12.8 Å². The average molecular weight is 280 g/mol. The van der Waals surface area contributed by atoms with Gasteiger partial charge in [-0.15, -0.1) is 0 Å². The van der Waals surface area contributed by atoms with Crippen molar-refractivity contribution in [2.24, 2.45) is 0 Å². The van der Waals surface area contributed by atoms with Gasteiger partial charge in [0, 0.05) is 0 Å². The number of alkyl halides is 1. The molecule has 0 saturated carbocycles. The first kappa shape index (κ1) is 13.3. The highest BCUT2D eigenvalue weighted by Crippen LogP contribution is 2.31. The Hall–Kier alpha value is -1.16. The molecule has 1 fully saturated rings. The predicted molar refractivity (Wildman–Crippen MR) is 57.7 cm³/mol. The number of halogens is 2. The SMILES string of the molecule is O=c1[nH]c(=S)n(C2OC(CO)C(F)C2O)cc1F. The zero-order chi connectivity index (χ0) is 13.4. The minimum absolute atomic E-state index is 0.212. The van der Waals surface area contributed by atoms with E-state index in [0.717, 1.165) is 10.8 Å². The summed E-state index contributed by atoms with van der Waals surface area (Å²) in [5.41, 5.74) is -1.01. The highest BCUT2D eigenvalue weighted by molar-refractivity contribution is 7.71. The third-order valence-electron chi connectivity index (χ3n) is 2.67. The minimum atomic E-state index is -1.82. The molecule has 0 radical (unpaired) electrons. The summed E-state index contributed by atoms with van der Waals surface area (Å²) in [6.45, 7) is -0.631. The van der Waals surface area contributed by atoms with Gasteiger partial charge in [-0.05, 0) is 12.2 Å². The normalized spacial score (nSPS) is 31.8. The lowest BCUT2D eigenvalue weighted by Gasteiger charge is -2.17. The van der Waals surface area contributed by atoms with Gasteiger partial charge in [0.2, 0.25) is 5.82 Å². The van der Waals surface area contributed by atoms with Gasteiger partial charge in [-0.25, -0.2) is 4.39 Å². The Morgan fingerprint density at radius 3 is 2.83 bits per heavy atom. The van der Waals surface area contributed by atoms with Crippen molar-refractivity contribution in [3.63, 3.8) is 0 Å². The van der Waals surface area contributed by atoms with Crippen molar-refractivity contribution in [2.75, 3.05) is 6.61 Å². The molecule has 0 bridgehead atoms. The lowest BCUT2D eigenvalue weighted by molar-refractivity contribution is -0.0532. The third kappa shape index (κ3) is 2.09. The Kier molecular flexibility index (Phi) is 3.57. The van der Waals surface area contributed by atoms with Gasteiger partial charge in [-0.1, -0.05) is 0 Å². The van der Waals surface area contributed by atoms with Crippen molar-refractivity contribution in [3.8, 4) is 0 Å². The molecule has 3 N–H and O–H groups in total. The van der Waals surface area contributed by atoms with E-state index in [4.69, 9.17) is 22.1 Å². The fourth-order valence-corrected chi connectivity index (χ4v) is 1.98. The Morgan fingerprint density at radius 2 is 2.28 bits per heavy atom. The van der Waals surface area contributed by atoms with Crippen LogP contribution in [0.25, 0.3) is 0 Å². The van der Waals surface area contributed by atoms with E-state index in [0.29, 0.717) is 0 Å². The summed E-state index contributed by atoms with van der Waals surface area (Å²) in [5.74, 6) is -1.14. The van der Waals surface area contributed by atoms with Crippen molar-refractivity contribution in [1.29, 1.82) is 0 Å². The van der Waals surface area contributed by atoms with E-state index < -0.39 is 42.6 Å². The summed E-state index contributed by atoms with van der Waals surface area (Å²) in [4.78, 5) is 13.0. The molecule has 2 heterocycles. The van der Waals surface area contributed by atoms with E-state index in [-0.39, 0.29) is 4.77 Å². The summed E-state index contributed by atoms with van der Waals surface area (Å²) < 4.78 is 32.3. The maximum atomic E-state index is 13.5. The first-order valence-corrected chi connectivity index (χ1v) is 5.46. The molecule has 4 unspecified atom stereocenters. The van der Waals surface area contributed by atoms with Gasteiger partial charge in [-0.3, -0.25) is 14.3 Å². The van der Waals surface area contributed by atoms with Crippen molar-refractivity contribution >= 4 is 12.2 Å². The fraction of sp³-hybridized carbons (Fsp3) is 0.556. The number of H-pyrrole nitrogens is 1. The van der Waals surface area contributed by atoms with Crippen molar-refractivity contribution in [1.82, 2.24) is 9.55 Å². The van der Waals surface area contributed by atoms with Crippen LogP contribution in [-0.4, -0.2) is 44.8 Å². The van der Waals surface area contributed by atoms with E-state index >= 15 is 0 Å². The molecule has 0 aliphatic carbocycles. The maximum Gasteiger partial charge on any atom is 0.287 e. The van der Waals surface area contributed by atoms with Crippen LogP contribution in [0.2, 0.25) is 0 Å². The molecule has 0 aromatic carbocycles. The summed E-state index contributed by atoms with van der Waals surface area (Å²) in [6.07, 6.45) is -5.23. The minimum Gasteiger partial charge on any atom is -0.394 e. The van der Waals surface area contributed by atoms with Crippen LogP contribution in [0.3, 0.4) is 0 Å². The third-order valence-corrected chi connectivity index (χ3v) is 2.98. The number of hydrogen-bond acceptors (Lipinski definition) is 5. The second kappa shape index (κ2) is 4.84. The lowest BCUT2D eigenvalue weighted by atomic mass is 10.1. The number of aromatic nitrogens is 2. The van der Waals surface area contributed by atoms with Gasteiger partial charge in [-0.2, -0.15) is 4.39 Å². The molecule has 100 valence electrons. The van der Waals surface area contributed by atoms with Crippen molar-refractivity contribution in [2.45, 2.75) is 24.6 Å². The molecule has 1 aliphatic heterocycles. The van der Waals surface area contributed by atoms with E-state index in [1.807, 2.05) is 4.98 Å². The molecule has 4 atom stereocenters. The zero-order valence-corrected chi connectivity index (χ0v) is 9.73. The van der Waals surface area contributed by atoms with Crippen LogP contribution in [0.15, 0.2) is 11.0 Å². The smallest absolute Gasteiger partial charge is 0.287 e. The summed E-state index contributed by atoms with van der Waals surface area (Å²) in [7, 11) is 0. The number of hydrogen-bond donors (Lipinski definition) is 3. The largest absolute Gasteiger partial charge is 0.394 e. The molecular weight excluding hydrogens is 270 g/mol. The second-order valence-electron chi connectivity index (χ2n) is 3.83. The molecule has 0 spiro atoms. The van der Waals surface area contributed by atoms with E-state index in [9.17, 15) is 18.7 Å². The topological polar surface area (TPSA) is 87.5 Å². The molecule has 1 aromatic heterocycles. The average Bonchev–Trinajstić information content (AvgIpc) is 2.61. The number of ether oxygens (including phenoxy) is 1. The molecule has 6 nitrogen and oxygen atoms in total. The zero-order valence-electron chi connectivity index (χ0n) is 8.92. The highest BCUT2D eigenvalue weighted by atomic mass is 32.1. The van der Waals surface area contributed by atoms with Crippen molar-refractivity contribution in [3.05, 3.63) is 27.1 Å². The van der Waals surface area contributed by atoms with Crippen LogP contribution in [0.5, 0.6) is 0 Å². The van der Waals surface area contributed by atoms with Crippen LogP contribution >= 0.6 is 12.2 Å². The molecule has 9 heteroatoms. The van der Waals surface area contributed by atoms with E-state index in [1.165, 1.54) is 0 Å². The maximum absolute atomic E-state index is 13.5. The molecule has 2 rings (SSSR count). The standard InChI is InChI=1S/C9H10F2N2O4S/c10-3-1-13(9(18)12-7(3)16)8-6(15)5(11)4(2-14)17-8/h1,4-6,8,14-15H,2H2,(H,12,16,18). The van der Waals surface area contributed by atoms with Gasteiger partial charge in [0.1, 0.15) is 12.2 Å². The number of nitrogens with zero attached hydrogens (tertiary/aromatic N) is 1. The fourth-order valence-electron chi connectivity index (χ4n) is 1.74. The van der Waals surface area contributed by atoms with E-state index in [2.05, 4.69) is 0 Å². The number of aromatic amines is 1. The first-order valence-electron chi connectivity index (χ1n) is 5.05. The lowest BCUT2D eigenvalue weighted by Crippen LogP contribution is -2.30. The summed E-state index contributed by atoms with van der Waals surface area (Å²) in [6, 6.07) is 0. The van der Waals surface area contributed by atoms with Gasteiger partial charge in [0.15, 0.2) is 17.2 Å². The van der Waals surface area contributed by atoms with Gasteiger partial charge in [0.25, 0.3) is 5.56 Å². The number of aliphatic hydroxyl groups is 2. The quantitative estimate of drug-likeness (QED) is 0.644. The number of nitrogens with one attached hydrogen (secondary N) is 1. The number of rotatable bonds is 2. The molecule has 1 aliphatic rings. The Morgan fingerprint density at radius 1 is 1.61 bits per heavy atom. The predicted octanol–water partition coefficient (Wildman–Crippen LogP) is -0.366. The monoisotopic (exact) mass is 280 g/mol. The first-order chi connectivity index (χ1) is 8.45. The second-order valence-corrected chi connectivity index (χ2v) is 4.21. The van der Waals surface area contributed by atoms with Crippen molar-refractivity contribution < 1.29 is 23.7 Å². The Balaban J connectivity index is 2.42. The molecule has 18 heavy (non-hydrogen) atoms. The van der Waals surface area contributed by atoms with E-state index in [1.54, 1.807) is 0 Å². The molecular formula is C9H10F2N2O4S. The molecule has 1 aromatic rings. The summed E-state index contributed by atoms with van der Waals surface area (Å²) >= 11 is 4.77. The van der Waals surface area contributed by atoms with Crippen LogP contribution < -0.4 is 5.56 Å². The van der Waals surface area contributed by atoms with Crippen LogP contribution in [0, 0.1) is 10.6 Å². The van der Waals surface area contributed by atoms with Crippen LogP contribution in [0.4, 0.5) is 8.78 Å². The van der Waals surface area contributed by atoms with Crippen LogP contribution in [-0.2, 0) is 4.74 Å². The highest BCUT2D eigenvalue weighted by Gasteiger charge is 2.44. The number of aliphatic hydroxyl groups excluding tert-OH is 2. The van der Waals surface area contributed by atoms with Gasteiger partial charge < -0.3 is 14.9 Å². The Labute approximate surface area is 104 Å². The molecule has 1 saturated heterocycles. The van der Waals surface area contributed by atoms with Gasteiger partial charge >= 0.3 is 0 Å².